The lowest BCUT2D eigenvalue weighted by Crippen LogP contribution is -2.40. The largest absolute Gasteiger partial charge is 0.481 e. The van der Waals surface area contributed by atoms with E-state index in [1.54, 1.807) is 38.1 Å². The molecule has 0 aliphatic rings. The number of carboxylic acid groups (broad SMARTS) is 2. The van der Waals surface area contributed by atoms with Gasteiger partial charge in [0, 0.05) is 5.02 Å². The van der Waals surface area contributed by atoms with Crippen molar-refractivity contribution in [1.82, 2.24) is 0 Å². The van der Waals surface area contributed by atoms with Crippen LogP contribution in [0.25, 0.3) is 0 Å². The van der Waals surface area contributed by atoms with Crippen LogP contribution in [0.2, 0.25) is 5.02 Å². The minimum atomic E-state index is -1.31. The summed E-state index contributed by atoms with van der Waals surface area (Å²) in [6, 6.07) is 6.30. The Balaban J connectivity index is 3.37. The van der Waals surface area contributed by atoms with Crippen molar-refractivity contribution in [1.29, 1.82) is 0 Å². The second-order valence-corrected chi connectivity index (χ2v) is 4.93. The number of benzene rings is 1. The number of halogens is 1. The molecule has 0 heterocycles. The molecule has 1 aromatic rings. The summed E-state index contributed by atoms with van der Waals surface area (Å²) in [5.41, 5.74) is -0.845. The Morgan fingerprint density at radius 3 is 1.95 bits per heavy atom. The molecule has 0 aromatic heterocycles. The van der Waals surface area contributed by atoms with Gasteiger partial charge in [-0.1, -0.05) is 37.6 Å². The molecule has 104 valence electrons. The number of hydrogen-bond donors (Lipinski definition) is 2. The summed E-state index contributed by atoms with van der Waals surface area (Å²) in [6.45, 7) is 3.40. The average molecular weight is 285 g/mol. The summed E-state index contributed by atoms with van der Waals surface area (Å²) < 4.78 is 0. The number of hydrogen-bond acceptors (Lipinski definition) is 2. The van der Waals surface area contributed by atoms with Crippen molar-refractivity contribution in [3.05, 3.63) is 34.9 Å². The number of rotatable bonds is 6. The van der Waals surface area contributed by atoms with E-state index in [1.807, 2.05) is 0 Å². The van der Waals surface area contributed by atoms with Gasteiger partial charge in [-0.05, 0) is 30.5 Å². The fourth-order valence-electron chi connectivity index (χ4n) is 2.44. The van der Waals surface area contributed by atoms with Gasteiger partial charge in [-0.25, -0.2) is 0 Å². The molecular weight excluding hydrogens is 268 g/mol. The zero-order valence-electron chi connectivity index (χ0n) is 10.9. The Kier molecular flexibility index (Phi) is 4.95. The van der Waals surface area contributed by atoms with Crippen LogP contribution in [0.1, 0.15) is 38.2 Å². The zero-order valence-corrected chi connectivity index (χ0v) is 11.6. The third kappa shape index (κ3) is 2.89. The molecule has 5 heteroatoms. The second-order valence-electron chi connectivity index (χ2n) is 4.49. The van der Waals surface area contributed by atoms with E-state index in [0.29, 0.717) is 10.6 Å². The van der Waals surface area contributed by atoms with Crippen LogP contribution < -0.4 is 0 Å². The van der Waals surface area contributed by atoms with Crippen LogP contribution in [0.15, 0.2) is 24.3 Å². The lowest BCUT2D eigenvalue weighted by Gasteiger charge is -2.33. The topological polar surface area (TPSA) is 74.6 Å². The van der Waals surface area contributed by atoms with E-state index in [-0.39, 0.29) is 12.8 Å². The number of carbonyl (C=O) groups is 2. The second kappa shape index (κ2) is 6.06. The SMILES string of the molecule is CCC(CC)(C(=O)O)C(C(=O)O)c1ccc(Cl)cc1. The molecule has 4 nitrogen and oxygen atoms in total. The van der Waals surface area contributed by atoms with Gasteiger partial charge in [-0.3, -0.25) is 9.59 Å². The maximum atomic E-state index is 11.6. The van der Waals surface area contributed by atoms with Gasteiger partial charge < -0.3 is 10.2 Å². The first-order valence-corrected chi connectivity index (χ1v) is 6.48. The third-order valence-electron chi connectivity index (χ3n) is 3.69. The summed E-state index contributed by atoms with van der Waals surface area (Å²) in [6.07, 6.45) is 0.497. The summed E-state index contributed by atoms with van der Waals surface area (Å²) >= 11 is 5.78. The molecule has 0 bridgehead atoms. The average Bonchev–Trinajstić information content (AvgIpc) is 2.36. The molecule has 1 unspecified atom stereocenters. The molecule has 2 N–H and O–H groups in total. The molecule has 0 fully saturated rings. The Labute approximate surface area is 117 Å². The van der Waals surface area contributed by atoms with Gasteiger partial charge in [0.1, 0.15) is 0 Å². The summed E-state index contributed by atoms with van der Waals surface area (Å²) in [5.74, 6) is -3.30. The quantitative estimate of drug-likeness (QED) is 0.839. The summed E-state index contributed by atoms with van der Waals surface area (Å²) in [4.78, 5) is 23.1. The minimum absolute atomic E-state index is 0.248. The van der Waals surface area contributed by atoms with Crippen LogP contribution in [0.4, 0.5) is 0 Å². The number of aliphatic carboxylic acids is 2. The van der Waals surface area contributed by atoms with Crippen molar-refractivity contribution in [2.75, 3.05) is 0 Å². The Bertz CT molecular complexity index is 463. The van der Waals surface area contributed by atoms with Gasteiger partial charge in [-0.2, -0.15) is 0 Å². The highest BCUT2D eigenvalue weighted by Gasteiger charge is 2.47. The molecule has 0 aliphatic carbocycles. The van der Waals surface area contributed by atoms with E-state index >= 15 is 0 Å². The van der Waals surface area contributed by atoms with Crippen LogP contribution in [0.3, 0.4) is 0 Å². The van der Waals surface area contributed by atoms with Gasteiger partial charge >= 0.3 is 11.9 Å². The Morgan fingerprint density at radius 1 is 1.16 bits per heavy atom. The molecule has 0 radical (unpaired) electrons. The van der Waals surface area contributed by atoms with E-state index < -0.39 is 23.3 Å². The molecule has 1 rings (SSSR count). The highest BCUT2D eigenvalue weighted by molar-refractivity contribution is 6.30. The van der Waals surface area contributed by atoms with Crippen molar-refractivity contribution in [3.8, 4) is 0 Å². The third-order valence-corrected chi connectivity index (χ3v) is 3.94. The van der Waals surface area contributed by atoms with Gasteiger partial charge in [-0.15, -0.1) is 0 Å². The molecule has 0 aliphatic heterocycles. The van der Waals surface area contributed by atoms with Crippen LogP contribution in [0.5, 0.6) is 0 Å². The van der Waals surface area contributed by atoms with E-state index in [1.165, 1.54) is 0 Å². The fraction of sp³-hybridized carbons (Fsp3) is 0.429. The van der Waals surface area contributed by atoms with Gasteiger partial charge in [0.25, 0.3) is 0 Å². The highest BCUT2D eigenvalue weighted by atomic mass is 35.5. The first kappa shape index (κ1) is 15.5. The molecule has 0 saturated heterocycles. The van der Waals surface area contributed by atoms with E-state index in [9.17, 15) is 19.8 Å². The Hall–Kier alpha value is -1.55. The first-order valence-electron chi connectivity index (χ1n) is 6.10. The first-order chi connectivity index (χ1) is 8.89. The highest BCUT2D eigenvalue weighted by Crippen LogP contribution is 2.42. The lowest BCUT2D eigenvalue weighted by atomic mass is 9.68. The maximum absolute atomic E-state index is 11.6. The van der Waals surface area contributed by atoms with E-state index in [2.05, 4.69) is 0 Å². The van der Waals surface area contributed by atoms with Crippen molar-refractivity contribution in [3.63, 3.8) is 0 Å². The van der Waals surface area contributed by atoms with Crippen molar-refractivity contribution < 1.29 is 19.8 Å². The zero-order chi connectivity index (χ0) is 14.6. The molecule has 1 aromatic carbocycles. The van der Waals surface area contributed by atoms with E-state index in [4.69, 9.17) is 11.6 Å². The van der Waals surface area contributed by atoms with E-state index in [0.717, 1.165) is 0 Å². The molecule has 0 saturated carbocycles. The van der Waals surface area contributed by atoms with Crippen LogP contribution >= 0.6 is 11.6 Å². The van der Waals surface area contributed by atoms with Crippen molar-refractivity contribution >= 4 is 23.5 Å². The Morgan fingerprint density at radius 2 is 1.63 bits per heavy atom. The summed E-state index contributed by atoms with van der Waals surface area (Å²) in [5, 5.41) is 19.4. The van der Waals surface area contributed by atoms with Gasteiger partial charge in [0.05, 0.1) is 11.3 Å². The fourth-order valence-corrected chi connectivity index (χ4v) is 2.56. The summed E-state index contributed by atoms with van der Waals surface area (Å²) in [7, 11) is 0. The number of carboxylic acids is 2. The normalized spacial score (nSPS) is 13.0. The smallest absolute Gasteiger partial charge is 0.312 e. The lowest BCUT2D eigenvalue weighted by molar-refractivity contribution is -0.159. The predicted octanol–water partition coefficient (Wildman–Crippen LogP) is 3.40. The molecule has 1 atom stereocenters. The molecule has 0 spiro atoms. The maximum Gasteiger partial charge on any atom is 0.312 e. The van der Waals surface area contributed by atoms with Crippen molar-refractivity contribution in [2.45, 2.75) is 32.6 Å². The molecule has 19 heavy (non-hydrogen) atoms. The molecular formula is C14H17ClO4. The molecule has 0 amide bonds. The van der Waals surface area contributed by atoms with Gasteiger partial charge in [0.2, 0.25) is 0 Å². The monoisotopic (exact) mass is 284 g/mol. The van der Waals surface area contributed by atoms with Crippen LogP contribution in [-0.2, 0) is 9.59 Å². The van der Waals surface area contributed by atoms with Crippen LogP contribution in [0, 0.1) is 5.41 Å². The van der Waals surface area contributed by atoms with Crippen LogP contribution in [-0.4, -0.2) is 22.2 Å². The van der Waals surface area contributed by atoms with Crippen molar-refractivity contribution in [2.24, 2.45) is 5.41 Å². The standard InChI is InChI=1S/C14H17ClO4/c1-3-14(4-2,13(18)19)11(12(16)17)9-5-7-10(15)8-6-9/h5-8,11H,3-4H2,1-2H3,(H,16,17)(H,18,19). The predicted molar refractivity (Wildman–Crippen MR) is 72.5 cm³/mol. The minimum Gasteiger partial charge on any atom is -0.481 e. The van der Waals surface area contributed by atoms with Gasteiger partial charge in [0.15, 0.2) is 0 Å².